The minimum atomic E-state index is -1.46. The fourth-order valence-corrected chi connectivity index (χ4v) is 13.5. The number of fused-ring (bicyclic) bond motifs is 11. The number of hydrogen-bond donors (Lipinski definition) is 3. The molecule has 58 heavy (non-hydrogen) atoms. The molecule has 12 rings (SSSR count). The van der Waals surface area contributed by atoms with Crippen LogP contribution in [0.1, 0.15) is 82.3 Å². The second-order valence-corrected chi connectivity index (χ2v) is 18.1. The number of phenols is 1. The Morgan fingerprint density at radius 1 is 1.16 bits per heavy atom. The molecule has 3 aromatic carbocycles. The maximum absolute atomic E-state index is 15.1. The number of methoxy groups -OCH3 is 1. The summed E-state index contributed by atoms with van der Waals surface area (Å²) in [6.07, 6.45) is 0.984. The number of aromatic hydroxyl groups is 1. The number of benzene rings is 3. The van der Waals surface area contributed by atoms with Crippen molar-refractivity contribution in [2.24, 2.45) is 5.73 Å². The van der Waals surface area contributed by atoms with Gasteiger partial charge in [-0.1, -0.05) is 18.2 Å². The SMILES string of the molecule is COc1c(C)cc2c(c1O)[C@@H]1C3[C@@H]4SC[C@]5(N[C@@H](CN)Cc6c5oc5ccccc65)C(=O)OC[C@@H](c5c6c(c(C)c(OC(C)=O)c54)OCO6)N3[C@@]3(C#N)CN1C2(C)C3. The number of nitrogens with one attached hydrogen (secondary N) is 1. The van der Waals surface area contributed by atoms with Crippen molar-refractivity contribution in [1.29, 1.82) is 5.26 Å². The standard InChI is InChI=1S/C43H43N5O9S/c1-19-10-25-28(33(50)34(19)52-5)31-32-38-30-29(37-36(54-18-55-37)20(2)35(30)56-21(3)49)26(48(32)42(15-45)14-41(25,4)47(31)16-42)13-53-40(51)43(17-58-38)39-24(11-22(12-44)46-43)23-8-6-7-9-27(23)57-39/h6-10,22,26,31-32,38,46,50H,11-14,16-18,44H2,1-5H3/t22-,26+,31-,32?,38-,41?,42+,43-/m1/s1. The molecule has 300 valence electrons. The smallest absolute Gasteiger partial charge is 0.335 e. The molecule has 2 unspecified atom stereocenters. The Bertz CT molecular complexity index is 2570. The normalized spacial score (nSPS) is 32.6. The number of nitrogens with zero attached hydrogens (tertiary/aromatic N) is 3. The predicted molar refractivity (Wildman–Crippen MR) is 210 cm³/mol. The lowest BCUT2D eigenvalue weighted by molar-refractivity contribution is -0.158. The third kappa shape index (κ3) is 4.31. The number of nitriles is 1. The van der Waals surface area contributed by atoms with Crippen LogP contribution >= 0.6 is 11.8 Å². The van der Waals surface area contributed by atoms with E-state index in [0.29, 0.717) is 70.4 Å². The summed E-state index contributed by atoms with van der Waals surface area (Å²) in [6, 6.07) is 10.6. The molecule has 8 aliphatic rings. The van der Waals surface area contributed by atoms with Crippen LogP contribution in [0.2, 0.25) is 0 Å². The van der Waals surface area contributed by atoms with Gasteiger partial charge in [-0.3, -0.25) is 19.9 Å². The Hall–Kier alpha value is -4.98. The molecular formula is C43H43N5O9S. The number of furan rings is 1. The van der Waals surface area contributed by atoms with Crippen LogP contribution in [0.3, 0.4) is 0 Å². The number of thioether (sulfide) groups is 1. The maximum atomic E-state index is 15.1. The summed E-state index contributed by atoms with van der Waals surface area (Å²) in [7, 11) is 1.56. The van der Waals surface area contributed by atoms with E-state index in [0.717, 1.165) is 27.6 Å². The second kappa shape index (κ2) is 12.0. The first-order chi connectivity index (χ1) is 27.9. The van der Waals surface area contributed by atoms with Gasteiger partial charge in [0.1, 0.15) is 29.2 Å². The van der Waals surface area contributed by atoms with E-state index in [9.17, 15) is 15.2 Å². The number of aryl methyl sites for hydroxylation is 1. The van der Waals surface area contributed by atoms with E-state index in [2.05, 4.69) is 34.2 Å². The van der Waals surface area contributed by atoms with Gasteiger partial charge in [0.25, 0.3) is 0 Å². The summed E-state index contributed by atoms with van der Waals surface area (Å²) >= 11 is 1.51. The van der Waals surface area contributed by atoms with E-state index in [-0.39, 0.29) is 37.5 Å². The quantitative estimate of drug-likeness (QED) is 0.190. The molecule has 4 aromatic rings. The summed E-state index contributed by atoms with van der Waals surface area (Å²) in [4.78, 5) is 32.8. The van der Waals surface area contributed by atoms with Crippen LogP contribution in [0.15, 0.2) is 34.7 Å². The lowest BCUT2D eigenvalue weighted by Gasteiger charge is -2.58. The molecule has 9 heterocycles. The van der Waals surface area contributed by atoms with Gasteiger partial charge in [0.05, 0.1) is 30.5 Å². The first-order valence-corrected chi connectivity index (χ1v) is 20.8. The van der Waals surface area contributed by atoms with Gasteiger partial charge in [0.2, 0.25) is 6.79 Å². The Kier molecular flexibility index (Phi) is 7.50. The molecule has 4 N–H and O–H groups in total. The van der Waals surface area contributed by atoms with Crippen molar-refractivity contribution in [1.82, 2.24) is 15.1 Å². The van der Waals surface area contributed by atoms with Crippen molar-refractivity contribution in [3.63, 3.8) is 0 Å². The average Bonchev–Trinajstić information content (AvgIpc) is 3.96. The first kappa shape index (κ1) is 36.1. The zero-order chi connectivity index (χ0) is 40.2. The Balaban J connectivity index is 1.20. The fourth-order valence-electron chi connectivity index (χ4n) is 11.9. The summed E-state index contributed by atoms with van der Waals surface area (Å²) in [5, 5.41) is 27.7. The number of piperazine rings is 1. The van der Waals surface area contributed by atoms with E-state index >= 15 is 4.79 Å². The highest BCUT2D eigenvalue weighted by Gasteiger charge is 2.72. The summed E-state index contributed by atoms with van der Waals surface area (Å²) in [5.74, 6) is 1.33. The molecule has 8 aliphatic heterocycles. The molecule has 1 spiro atoms. The third-order valence-electron chi connectivity index (χ3n) is 14.0. The van der Waals surface area contributed by atoms with Gasteiger partial charge < -0.3 is 38.9 Å². The summed E-state index contributed by atoms with van der Waals surface area (Å²) in [6.45, 7) is 7.71. The Morgan fingerprint density at radius 2 is 1.95 bits per heavy atom. The van der Waals surface area contributed by atoms with E-state index < -0.39 is 51.9 Å². The van der Waals surface area contributed by atoms with Crippen LogP contribution in [-0.4, -0.2) is 83.8 Å². The van der Waals surface area contributed by atoms with Gasteiger partial charge in [0.15, 0.2) is 28.5 Å². The Labute approximate surface area is 338 Å². The second-order valence-electron chi connectivity index (χ2n) is 17.0. The minimum Gasteiger partial charge on any atom is -0.504 e. The van der Waals surface area contributed by atoms with Crippen LogP contribution in [0.25, 0.3) is 11.0 Å². The maximum Gasteiger partial charge on any atom is 0.335 e. The van der Waals surface area contributed by atoms with Gasteiger partial charge >= 0.3 is 11.9 Å². The number of ether oxygens (including phenoxy) is 5. The molecule has 4 bridgehead atoms. The molecule has 3 saturated heterocycles. The highest BCUT2D eigenvalue weighted by molar-refractivity contribution is 7.99. The molecular weight excluding hydrogens is 763 g/mol. The van der Waals surface area contributed by atoms with Crippen LogP contribution in [0.4, 0.5) is 0 Å². The molecule has 15 heteroatoms. The van der Waals surface area contributed by atoms with Crippen LogP contribution in [-0.2, 0) is 31.8 Å². The van der Waals surface area contributed by atoms with Gasteiger partial charge in [0, 0.05) is 83.0 Å². The molecule has 0 radical (unpaired) electrons. The number of rotatable bonds is 3. The highest BCUT2D eigenvalue weighted by atomic mass is 32.2. The van der Waals surface area contributed by atoms with Gasteiger partial charge in [-0.05, 0) is 50.5 Å². The molecule has 14 nitrogen and oxygen atoms in total. The van der Waals surface area contributed by atoms with Crippen LogP contribution < -0.4 is 30.0 Å². The monoisotopic (exact) mass is 805 g/mol. The van der Waals surface area contributed by atoms with E-state index in [1.807, 2.05) is 38.1 Å². The molecule has 0 amide bonds. The number of hydrogen-bond acceptors (Lipinski definition) is 15. The number of carbonyl (C=O) groups excluding carboxylic acids is 2. The van der Waals surface area contributed by atoms with E-state index in [1.54, 1.807) is 7.11 Å². The molecule has 0 saturated carbocycles. The minimum absolute atomic E-state index is 0.0551. The topological polar surface area (TPSA) is 182 Å². The number of phenolic OH excluding ortho intramolecular Hbond substituents is 1. The van der Waals surface area contributed by atoms with Gasteiger partial charge in [-0.25, -0.2) is 4.79 Å². The Morgan fingerprint density at radius 3 is 2.71 bits per heavy atom. The molecule has 3 fully saturated rings. The van der Waals surface area contributed by atoms with Crippen molar-refractivity contribution >= 4 is 34.7 Å². The van der Waals surface area contributed by atoms with Crippen molar-refractivity contribution in [2.75, 3.05) is 39.4 Å². The highest BCUT2D eigenvalue weighted by Crippen LogP contribution is 2.71. The molecule has 8 atom stereocenters. The average molecular weight is 806 g/mol. The van der Waals surface area contributed by atoms with E-state index in [1.165, 1.54) is 18.7 Å². The van der Waals surface area contributed by atoms with Crippen molar-refractivity contribution in [3.05, 3.63) is 75.0 Å². The van der Waals surface area contributed by atoms with Crippen molar-refractivity contribution in [2.45, 2.75) is 86.6 Å². The number of nitrogens with two attached hydrogens (primary N) is 1. The van der Waals surface area contributed by atoms with E-state index in [4.69, 9.17) is 33.8 Å². The number of esters is 2. The number of para-hydroxylation sites is 1. The van der Waals surface area contributed by atoms with Gasteiger partial charge in [-0.15, -0.1) is 11.8 Å². The lowest BCUT2D eigenvalue weighted by atomic mass is 9.72. The van der Waals surface area contributed by atoms with Gasteiger partial charge in [-0.2, -0.15) is 5.26 Å². The largest absolute Gasteiger partial charge is 0.504 e. The zero-order valence-electron chi connectivity index (χ0n) is 32.8. The summed E-state index contributed by atoms with van der Waals surface area (Å²) in [5.41, 5.74) is 9.29. The number of carbonyl (C=O) groups is 2. The molecule has 1 aromatic heterocycles. The fraction of sp³-hybridized carbons (Fsp3) is 0.465. The summed E-state index contributed by atoms with van der Waals surface area (Å²) < 4.78 is 37.6. The predicted octanol–water partition coefficient (Wildman–Crippen LogP) is 4.79. The van der Waals surface area contributed by atoms with Crippen LogP contribution in [0.5, 0.6) is 28.7 Å². The lowest BCUT2D eigenvalue weighted by Crippen LogP contribution is -2.67. The van der Waals surface area contributed by atoms with Crippen molar-refractivity contribution < 1.29 is 42.8 Å². The molecule has 0 aliphatic carbocycles. The first-order valence-electron chi connectivity index (χ1n) is 19.7. The van der Waals surface area contributed by atoms with Crippen LogP contribution in [0, 0.1) is 25.2 Å². The van der Waals surface area contributed by atoms with Crippen molar-refractivity contribution in [3.8, 4) is 34.8 Å². The zero-order valence-corrected chi connectivity index (χ0v) is 33.6. The third-order valence-corrected chi connectivity index (χ3v) is 15.5.